The maximum absolute atomic E-state index is 13.8. The highest BCUT2D eigenvalue weighted by Crippen LogP contribution is 2.37. The molecule has 1 aliphatic carbocycles. The maximum atomic E-state index is 13.8. The first kappa shape index (κ1) is 18.5. The summed E-state index contributed by atoms with van der Waals surface area (Å²) in [6.07, 6.45) is 4.69. The lowest BCUT2D eigenvalue weighted by Crippen LogP contribution is -2.44. The van der Waals surface area contributed by atoms with E-state index >= 15 is 0 Å². The summed E-state index contributed by atoms with van der Waals surface area (Å²) in [5.41, 5.74) is 1.50. The number of nitrogens with zero attached hydrogens (tertiary/aromatic N) is 3. The van der Waals surface area contributed by atoms with E-state index in [-0.39, 0.29) is 36.3 Å². The minimum Gasteiger partial charge on any atom is -0.393 e. The summed E-state index contributed by atoms with van der Waals surface area (Å²) in [5.74, 6) is -0.189. The summed E-state index contributed by atoms with van der Waals surface area (Å²) < 4.78 is 15.5. The molecule has 0 saturated heterocycles. The normalized spacial score (nSPS) is 20.7. The number of aromatic nitrogens is 2. The smallest absolute Gasteiger partial charge is 0.234 e. The molecular formula is C19H25FN4O2. The number of hydrogen-bond donors (Lipinski definition) is 2. The topological polar surface area (TPSA) is 70.4 Å². The average Bonchev–Trinajstić information content (AvgIpc) is 2.98. The van der Waals surface area contributed by atoms with Crippen molar-refractivity contribution < 1.29 is 14.3 Å². The fourth-order valence-corrected chi connectivity index (χ4v) is 3.41. The highest BCUT2D eigenvalue weighted by atomic mass is 19.1. The largest absolute Gasteiger partial charge is 0.393 e. The monoisotopic (exact) mass is 360 g/mol. The van der Waals surface area contributed by atoms with Gasteiger partial charge in [-0.15, -0.1) is 0 Å². The molecule has 1 atom stereocenters. The second-order valence-corrected chi connectivity index (χ2v) is 7.14. The van der Waals surface area contributed by atoms with Gasteiger partial charge in [0, 0.05) is 30.9 Å². The maximum Gasteiger partial charge on any atom is 0.234 e. The second-order valence-electron chi connectivity index (χ2n) is 7.14. The van der Waals surface area contributed by atoms with Crippen molar-refractivity contribution in [2.24, 2.45) is 13.0 Å². The van der Waals surface area contributed by atoms with Crippen molar-refractivity contribution in [1.29, 1.82) is 0 Å². The van der Waals surface area contributed by atoms with Gasteiger partial charge in [0.05, 0.1) is 24.9 Å². The summed E-state index contributed by atoms with van der Waals surface area (Å²) in [6.45, 7) is 0.528. The van der Waals surface area contributed by atoms with Crippen LogP contribution in [-0.2, 0) is 18.4 Å². The van der Waals surface area contributed by atoms with Crippen LogP contribution < -0.4 is 5.32 Å². The summed E-state index contributed by atoms with van der Waals surface area (Å²) in [6, 6.07) is 6.41. The van der Waals surface area contributed by atoms with E-state index in [0.29, 0.717) is 24.9 Å². The van der Waals surface area contributed by atoms with Crippen LogP contribution in [0.4, 0.5) is 4.39 Å². The number of aliphatic hydroxyl groups excluding tert-OH is 1. The summed E-state index contributed by atoms with van der Waals surface area (Å²) in [4.78, 5) is 14.3. The third-order valence-corrected chi connectivity index (χ3v) is 4.83. The fourth-order valence-electron chi connectivity index (χ4n) is 3.41. The van der Waals surface area contributed by atoms with E-state index in [0.717, 1.165) is 5.56 Å². The Morgan fingerprint density at radius 3 is 2.81 bits per heavy atom. The Morgan fingerprint density at radius 1 is 1.46 bits per heavy atom. The van der Waals surface area contributed by atoms with Crippen LogP contribution in [-0.4, -0.2) is 45.4 Å². The second kappa shape index (κ2) is 7.97. The van der Waals surface area contributed by atoms with Crippen molar-refractivity contribution in [1.82, 2.24) is 20.0 Å². The van der Waals surface area contributed by atoms with Crippen molar-refractivity contribution in [3.63, 3.8) is 0 Å². The average molecular weight is 360 g/mol. The molecule has 26 heavy (non-hydrogen) atoms. The van der Waals surface area contributed by atoms with Crippen LogP contribution in [0.2, 0.25) is 0 Å². The van der Waals surface area contributed by atoms with Gasteiger partial charge in [-0.3, -0.25) is 14.4 Å². The molecule has 0 radical (unpaired) electrons. The predicted octanol–water partition coefficient (Wildman–Crippen LogP) is 1.62. The number of aliphatic hydroxyl groups is 1. The van der Waals surface area contributed by atoms with Crippen LogP contribution in [0.1, 0.15) is 30.0 Å². The molecule has 1 saturated carbocycles. The molecule has 0 spiro atoms. The molecule has 1 heterocycles. The number of likely N-dealkylation sites (N-methyl/N-ethyl adjacent to an activating group) is 1. The lowest BCUT2D eigenvalue weighted by atomic mass is 9.75. The van der Waals surface area contributed by atoms with E-state index in [4.69, 9.17) is 0 Å². The van der Waals surface area contributed by atoms with Gasteiger partial charge in [-0.25, -0.2) is 4.39 Å². The zero-order valence-corrected chi connectivity index (χ0v) is 15.1. The number of carbonyl (C=O) groups excluding carboxylic acids is 1. The van der Waals surface area contributed by atoms with Crippen molar-refractivity contribution >= 4 is 5.91 Å². The molecule has 1 amide bonds. The Labute approximate surface area is 152 Å². The highest BCUT2D eigenvalue weighted by molar-refractivity contribution is 5.78. The van der Waals surface area contributed by atoms with Crippen LogP contribution in [0.5, 0.6) is 0 Å². The van der Waals surface area contributed by atoms with Crippen LogP contribution in [0.25, 0.3) is 0 Å². The number of aryl methyl sites for hydroxylation is 1. The van der Waals surface area contributed by atoms with E-state index < -0.39 is 0 Å². The Balaban J connectivity index is 1.60. The molecule has 2 aromatic rings. The highest BCUT2D eigenvalue weighted by Gasteiger charge is 2.36. The third kappa shape index (κ3) is 4.47. The van der Waals surface area contributed by atoms with Gasteiger partial charge >= 0.3 is 0 Å². The van der Waals surface area contributed by atoms with E-state index in [1.807, 2.05) is 13.2 Å². The number of benzene rings is 1. The molecule has 0 aliphatic heterocycles. The lowest BCUT2D eigenvalue weighted by molar-refractivity contribution is -0.124. The first-order chi connectivity index (χ1) is 12.4. The Kier molecular flexibility index (Phi) is 5.68. The first-order valence-corrected chi connectivity index (χ1v) is 8.80. The molecular weight excluding hydrogens is 335 g/mol. The molecule has 140 valence electrons. The van der Waals surface area contributed by atoms with E-state index in [1.165, 1.54) is 6.07 Å². The third-order valence-electron chi connectivity index (χ3n) is 4.83. The minimum absolute atomic E-state index is 0.126. The van der Waals surface area contributed by atoms with E-state index in [2.05, 4.69) is 10.4 Å². The van der Waals surface area contributed by atoms with Gasteiger partial charge in [0.15, 0.2) is 0 Å². The summed E-state index contributed by atoms with van der Waals surface area (Å²) in [7, 11) is 3.62. The van der Waals surface area contributed by atoms with Gasteiger partial charge in [0.25, 0.3) is 0 Å². The van der Waals surface area contributed by atoms with Gasteiger partial charge in [0.2, 0.25) is 5.91 Å². The number of nitrogens with one attached hydrogen (secondary N) is 1. The van der Waals surface area contributed by atoms with Crippen LogP contribution in [0.15, 0.2) is 36.7 Å². The molecule has 7 heteroatoms. The first-order valence-electron chi connectivity index (χ1n) is 8.80. The zero-order chi connectivity index (χ0) is 18.7. The quantitative estimate of drug-likeness (QED) is 0.787. The molecule has 1 aromatic heterocycles. The van der Waals surface area contributed by atoms with Crippen molar-refractivity contribution in [3.8, 4) is 0 Å². The molecule has 0 bridgehead atoms. The van der Waals surface area contributed by atoms with Gasteiger partial charge in [0.1, 0.15) is 5.82 Å². The van der Waals surface area contributed by atoms with Gasteiger partial charge in [-0.2, -0.15) is 5.10 Å². The summed E-state index contributed by atoms with van der Waals surface area (Å²) in [5, 5.41) is 16.9. The van der Waals surface area contributed by atoms with E-state index in [9.17, 15) is 14.3 Å². The molecule has 6 nitrogen and oxygen atoms in total. The molecule has 3 rings (SSSR count). The van der Waals surface area contributed by atoms with Gasteiger partial charge in [-0.05, 0) is 31.9 Å². The Bertz CT molecular complexity index is 758. The van der Waals surface area contributed by atoms with Gasteiger partial charge < -0.3 is 10.4 Å². The summed E-state index contributed by atoms with van der Waals surface area (Å²) >= 11 is 0. The number of hydrogen-bond acceptors (Lipinski definition) is 4. The predicted molar refractivity (Wildman–Crippen MR) is 95.6 cm³/mol. The SMILES string of the molecule is CN(CC(=O)N[C@@H](c1cnn(C)c1)C1CC(O)C1)Cc1ccccc1F. The van der Waals surface area contributed by atoms with Gasteiger partial charge in [-0.1, -0.05) is 18.2 Å². The Hall–Kier alpha value is -2.25. The number of halogens is 1. The molecule has 1 aromatic carbocycles. The minimum atomic E-state index is -0.292. The fraction of sp³-hybridized carbons (Fsp3) is 0.474. The molecule has 1 fully saturated rings. The zero-order valence-electron chi connectivity index (χ0n) is 15.1. The van der Waals surface area contributed by atoms with E-state index in [1.54, 1.807) is 41.0 Å². The Morgan fingerprint density at radius 2 is 2.19 bits per heavy atom. The number of rotatable bonds is 7. The lowest BCUT2D eigenvalue weighted by Gasteiger charge is -2.37. The van der Waals surface area contributed by atoms with Crippen LogP contribution in [0, 0.1) is 11.7 Å². The molecule has 0 unspecified atom stereocenters. The number of carbonyl (C=O) groups is 1. The molecule has 1 aliphatic rings. The van der Waals surface area contributed by atoms with Crippen molar-refractivity contribution in [2.75, 3.05) is 13.6 Å². The van der Waals surface area contributed by atoms with Crippen LogP contribution >= 0.6 is 0 Å². The van der Waals surface area contributed by atoms with Crippen molar-refractivity contribution in [3.05, 3.63) is 53.6 Å². The number of amides is 1. The van der Waals surface area contributed by atoms with Crippen molar-refractivity contribution in [2.45, 2.75) is 31.5 Å². The molecule has 2 N–H and O–H groups in total. The standard InChI is InChI=1S/C19H25FN4O2/c1-23(10-13-5-3-4-6-17(13)20)12-18(26)22-19(14-7-16(25)8-14)15-9-21-24(2)11-15/h3-6,9,11,14,16,19,25H,7-8,10,12H2,1-2H3,(H,22,26)/t14?,16?,19-/m1/s1. The van der Waals surface area contributed by atoms with Crippen LogP contribution in [0.3, 0.4) is 0 Å².